The standard InChI is InChI=1S/C13H14N6O/c1-5-3-7(14)4-8(6(5)2)10-16-9-11(17-10)18-13(15)19-12(9)20/h3-4H,14H2,1-2H3,(H4,15,16,17,18,19,20). The number of nitrogen functional groups attached to an aromatic ring is 2. The molecule has 0 fully saturated rings. The summed E-state index contributed by atoms with van der Waals surface area (Å²) in [5.41, 5.74) is 15.2. The molecule has 7 heteroatoms. The summed E-state index contributed by atoms with van der Waals surface area (Å²) in [6.45, 7) is 3.95. The van der Waals surface area contributed by atoms with Gasteiger partial charge in [-0.05, 0) is 37.1 Å². The van der Waals surface area contributed by atoms with Crippen LogP contribution in [0, 0.1) is 13.8 Å². The number of imidazole rings is 1. The summed E-state index contributed by atoms with van der Waals surface area (Å²) in [5, 5.41) is 0. The maximum absolute atomic E-state index is 11.8. The quantitative estimate of drug-likeness (QED) is 0.492. The number of nitrogens with one attached hydrogen (secondary N) is 2. The maximum Gasteiger partial charge on any atom is 0.278 e. The van der Waals surface area contributed by atoms with E-state index in [0.717, 1.165) is 16.7 Å². The molecule has 0 unspecified atom stereocenters. The molecule has 3 aromatic rings. The van der Waals surface area contributed by atoms with Crippen LogP contribution >= 0.6 is 0 Å². The molecule has 0 saturated carbocycles. The summed E-state index contributed by atoms with van der Waals surface area (Å²) in [5.74, 6) is 0.595. The highest BCUT2D eigenvalue weighted by molar-refractivity contribution is 5.78. The van der Waals surface area contributed by atoms with E-state index in [1.54, 1.807) is 0 Å². The van der Waals surface area contributed by atoms with E-state index in [9.17, 15) is 4.79 Å². The molecule has 2 heterocycles. The number of nitrogens with zero attached hydrogens (tertiary/aromatic N) is 2. The van der Waals surface area contributed by atoms with Crippen LogP contribution in [0.5, 0.6) is 0 Å². The van der Waals surface area contributed by atoms with Gasteiger partial charge in [-0.25, -0.2) is 4.98 Å². The third-order valence-corrected chi connectivity index (χ3v) is 3.32. The highest BCUT2D eigenvalue weighted by atomic mass is 16.1. The molecule has 0 bridgehead atoms. The lowest BCUT2D eigenvalue weighted by atomic mass is 10.0. The zero-order valence-electron chi connectivity index (χ0n) is 11.1. The first-order valence-corrected chi connectivity index (χ1v) is 6.08. The number of fused-ring (bicyclic) bond motifs is 1. The minimum Gasteiger partial charge on any atom is -0.399 e. The third-order valence-electron chi connectivity index (χ3n) is 3.32. The molecular formula is C13H14N6O. The first-order chi connectivity index (χ1) is 9.45. The van der Waals surface area contributed by atoms with Crippen LogP contribution < -0.4 is 17.0 Å². The second-order valence-electron chi connectivity index (χ2n) is 4.75. The molecule has 0 spiro atoms. The lowest BCUT2D eigenvalue weighted by Gasteiger charge is -2.07. The van der Waals surface area contributed by atoms with Gasteiger partial charge in [-0.2, -0.15) is 4.98 Å². The van der Waals surface area contributed by atoms with E-state index >= 15 is 0 Å². The Morgan fingerprint density at radius 2 is 1.85 bits per heavy atom. The number of hydrogen-bond donors (Lipinski definition) is 4. The summed E-state index contributed by atoms with van der Waals surface area (Å²) in [4.78, 5) is 25.5. The molecule has 0 aliphatic heterocycles. The van der Waals surface area contributed by atoms with Gasteiger partial charge in [-0.3, -0.25) is 9.78 Å². The molecule has 0 atom stereocenters. The van der Waals surface area contributed by atoms with Crippen LogP contribution in [0.1, 0.15) is 11.1 Å². The van der Waals surface area contributed by atoms with E-state index in [2.05, 4.69) is 19.9 Å². The van der Waals surface area contributed by atoms with Crippen LogP contribution in [-0.4, -0.2) is 19.9 Å². The van der Waals surface area contributed by atoms with Crippen molar-refractivity contribution in [2.24, 2.45) is 0 Å². The van der Waals surface area contributed by atoms with Gasteiger partial charge in [0.05, 0.1) is 0 Å². The lowest BCUT2D eigenvalue weighted by molar-refractivity contribution is 1.17. The summed E-state index contributed by atoms with van der Waals surface area (Å²) in [6, 6.07) is 3.71. The average Bonchev–Trinajstić information content (AvgIpc) is 2.77. The van der Waals surface area contributed by atoms with E-state index in [4.69, 9.17) is 11.5 Å². The summed E-state index contributed by atoms with van der Waals surface area (Å²) in [6.07, 6.45) is 0. The number of benzene rings is 1. The molecular weight excluding hydrogens is 256 g/mol. The third kappa shape index (κ3) is 1.80. The monoisotopic (exact) mass is 270 g/mol. The van der Waals surface area contributed by atoms with E-state index in [1.165, 1.54) is 0 Å². The molecule has 1 aromatic carbocycles. The predicted octanol–water partition coefficient (Wildman–Crippen LogP) is 1.09. The molecule has 0 aliphatic rings. The largest absolute Gasteiger partial charge is 0.399 e. The molecule has 7 nitrogen and oxygen atoms in total. The minimum atomic E-state index is -0.343. The van der Waals surface area contributed by atoms with E-state index < -0.39 is 0 Å². The number of H-pyrrole nitrogens is 2. The SMILES string of the molecule is Cc1cc(N)cc(-c2nc3nc(N)[nH]c(=O)c3[nH]2)c1C. The first kappa shape index (κ1) is 12.2. The van der Waals surface area contributed by atoms with Crippen molar-refractivity contribution in [2.75, 3.05) is 11.5 Å². The fourth-order valence-corrected chi connectivity index (χ4v) is 2.18. The zero-order chi connectivity index (χ0) is 14.4. The second kappa shape index (κ2) is 4.09. The second-order valence-corrected chi connectivity index (χ2v) is 4.75. The van der Waals surface area contributed by atoms with Crippen molar-refractivity contribution in [1.29, 1.82) is 0 Å². The Morgan fingerprint density at radius 3 is 2.60 bits per heavy atom. The van der Waals surface area contributed by atoms with Crippen molar-refractivity contribution >= 4 is 22.8 Å². The summed E-state index contributed by atoms with van der Waals surface area (Å²) in [7, 11) is 0. The molecule has 3 rings (SSSR count). The van der Waals surface area contributed by atoms with Gasteiger partial charge in [0.15, 0.2) is 11.2 Å². The Balaban J connectivity index is 2.31. The van der Waals surface area contributed by atoms with Crippen LogP contribution in [0.2, 0.25) is 0 Å². The average molecular weight is 270 g/mol. The fourth-order valence-electron chi connectivity index (χ4n) is 2.18. The van der Waals surface area contributed by atoms with Gasteiger partial charge < -0.3 is 16.5 Å². The molecule has 0 radical (unpaired) electrons. The Kier molecular flexibility index (Phi) is 2.50. The van der Waals surface area contributed by atoms with Crippen molar-refractivity contribution in [3.8, 4) is 11.4 Å². The van der Waals surface area contributed by atoms with E-state index in [1.807, 2.05) is 26.0 Å². The molecule has 2 aromatic heterocycles. The fraction of sp³-hybridized carbons (Fsp3) is 0.154. The van der Waals surface area contributed by atoms with Gasteiger partial charge in [0.2, 0.25) is 5.95 Å². The van der Waals surface area contributed by atoms with Crippen LogP contribution in [-0.2, 0) is 0 Å². The number of anilines is 2. The number of hydrogen-bond acceptors (Lipinski definition) is 5. The minimum absolute atomic E-state index is 0.0426. The van der Waals surface area contributed by atoms with E-state index in [0.29, 0.717) is 22.7 Å². The van der Waals surface area contributed by atoms with Crippen molar-refractivity contribution in [3.05, 3.63) is 33.6 Å². The molecule has 20 heavy (non-hydrogen) atoms. The van der Waals surface area contributed by atoms with Crippen molar-refractivity contribution in [3.63, 3.8) is 0 Å². The Labute approximate surface area is 114 Å². The molecule has 6 N–H and O–H groups in total. The van der Waals surface area contributed by atoms with Gasteiger partial charge in [-0.15, -0.1) is 0 Å². The highest BCUT2D eigenvalue weighted by Gasteiger charge is 2.13. The van der Waals surface area contributed by atoms with Gasteiger partial charge >= 0.3 is 0 Å². The van der Waals surface area contributed by atoms with Crippen molar-refractivity contribution in [2.45, 2.75) is 13.8 Å². The maximum atomic E-state index is 11.8. The Hall–Kier alpha value is -2.83. The van der Waals surface area contributed by atoms with Gasteiger partial charge in [-0.1, -0.05) is 0 Å². The summed E-state index contributed by atoms with van der Waals surface area (Å²) < 4.78 is 0. The molecule has 0 amide bonds. The number of aryl methyl sites for hydroxylation is 1. The molecule has 0 aliphatic carbocycles. The Bertz CT molecular complexity index is 876. The first-order valence-electron chi connectivity index (χ1n) is 6.08. The zero-order valence-corrected chi connectivity index (χ0v) is 11.1. The van der Waals surface area contributed by atoms with Gasteiger partial charge in [0.25, 0.3) is 5.56 Å². The normalized spacial score (nSPS) is 11.1. The van der Waals surface area contributed by atoms with Gasteiger partial charge in [0, 0.05) is 11.3 Å². The summed E-state index contributed by atoms with van der Waals surface area (Å²) >= 11 is 0. The molecule has 0 saturated heterocycles. The van der Waals surface area contributed by atoms with Gasteiger partial charge in [0.1, 0.15) is 5.82 Å². The van der Waals surface area contributed by atoms with Crippen molar-refractivity contribution in [1.82, 2.24) is 19.9 Å². The van der Waals surface area contributed by atoms with E-state index in [-0.39, 0.29) is 11.5 Å². The number of rotatable bonds is 1. The topological polar surface area (TPSA) is 126 Å². The smallest absolute Gasteiger partial charge is 0.278 e. The lowest BCUT2D eigenvalue weighted by Crippen LogP contribution is -2.10. The predicted molar refractivity (Wildman–Crippen MR) is 78.2 cm³/mol. The molecule has 102 valence electrons. The number of aromatic amines is 2. The van der Waals surface area contributed by atoms with Crippen LogP contribution in [0.15, 0.2) is 16.9 Å². The highest BCUT2D eigenvalue weighted by Crippen LogP contribution is 2.27. The van der Waals surface area contributed by atoms with Crippen LogP contribution in [0.25, 0.3) is 22.6 Å². The van der Waals surface area contributed by atoms with Crippen LogP contribution in [0.3, 0.4) is 0 Å². The van der Waals surface area contributed by atoms with Crippen molar-refractivity contribution < 1.29 is 0 Å². The van der Waals surface area contributed by atoms with Crippen LogP contribution in [0.4, 0.5) is 11.6 Å². The number of aromatic nitrogens is 4. The Morgan fingerprint density at radius 1 is 1.10 bits per heavy atom. The number of nitrogens with two attached hydrogens (primary N) is 2.